The Morgan fingerprint density at radius 1 is 1.07 bits per heavy atom. The van der Waals surface area contributed by atoms with Crippen molar-refractivity contribution in [2.24, 2.45) is 11.7 Å². The van der Waals surface area contributed by atoms with Crippen LogP contribution in [0.2, 0.25) is 0 Å². The molecule has 0 radical (unpaired) electrons. The first-order valence-electron chi connectivity index (χ1n) is 10.0. The zero-order valence-corrected chi connectivity index (χ0v) is 15.8. The normalized spacial score (nSPS) is 20.2. The number of likely N-dealkylation sites (tertiary alicyclic amines) is 1. The largest absolute Gasteiger partial charge is 0.490 e. The lowest BCUT2D eigenvalue weighted by atomic mass is 9.96. The molecule has 4 nitrogen and oxygen atoms in total. The first-order valence-corrected chi connectivity index (χ1v) is 10.0. The van der Waals surface area contributed by atoms with Gasteiger partial charge in [0.2, 0.25) is 5.91 Å². The summed E-state index contributed by atoms with van der Waals surface area (Å²) in [4.78, 5) is 13.7. The van der Waals surface area contributed by atoms with E-state index in [9.17, 15) is 4.79 Å². The summed E-state index contributed by atoms with van der Waals surface area (Å²) in [5, 5.41) is 0. The van der Waals surface area contributed by atoms with E-state index in [2.05, 4.69) is 53.4 Å². The maximum atomic E-state index is 11.3. The van der Waals surface area contributed by atoms with E-state index >= 15 is 0 Å². The molecule has 0 aromatic heterocycles. The average molecular weight is 364 g/mol. The molecule has 142 valence electrons. The fourth-order valence-corrected chi connectivity index (χ4v) is 4.24. The molecule has 1 atom stereocenters. The summed E-state index contributed by atoms with van der Waals surface area (Å²) in [5.74, 6) is 0.969. The lowest BCUT2D eigenvalue weighted by molar-refractivity contribution is -0.123. The van der Waals surface area contributed by atoms with Crippen molar-refractivity contribution < 1.29 is 9.53 Å². The van der Waals surface area contributed by atoms with E-state index in [0.717, 1.165) is 57.5 Å². The maximum Gasteiger partial charge on any atom is 0.220 e. The second-order valence-corrected chi connectivity index (χ2v) is 7.86. The highest BCUT2D eigenvalue weighted by molar-refractivity contribution is 5.76. The van der Waals surface area contributed by atoms with Crippen LogP contribution in [-0.2, 0) is 17.6 Å². The zero-order chi connectivity index (χ0) is 18.6. The van der Waals surface area contributed by atoms with Crippen molar-refractivity contribution in [2.45, 2.75) is 38.2 Å². The number of nitrogens with zero attached hydrogens (tertiary/aromatic N) is 1. The van der Waals surface area contributed by atoms with Crippen LogP contribution >= 0.6 is 0 Å². The van der Waals surface area contributed by atoms with Crippen molar-refractivity contribution in [3.8, 4) is 5.75 Å². The molecule has 0 aliphatic carbocycles. The van der Waals surface area contributed by atoms with Crippen LogP contribution in [0.5, 0.6) is 5.75 Å². The van der Waals surface area contributed by atoms with E-state index in [1.807, 2.05) is 0 Å². The predicted octanol–water partition coefficient (Wildman–Crippen LogP) is 3.17. The van der Waals surface area contributed by atoms with Crippen LogP contribution in [-0.4, -0.2) is 36.5 Å². The zero-order valence-electron chi connectivity index (χ0n) is 15.8. The topological polar surface area (TPSA) is 55.6 Å². The molecule has 4 rings (SSSR count). The molecule has 2 aromatic carbocycles. The molecule has 2 heterocycles. The van der Waals surface area contributed by atoms with Gasteiger partial charge in [-0.1, -0.05) is 42.5 Å². The lowest BCUT2D eigenvalue weighted by Gasteiger charge is -2.31. The van der Waals surface area contributed by atoms with Crippen LogP contribution in [0.25, 0.3) is 0 Å². The summed E-state index contributed by atoms with van der Waals surface area (Å²) in [6.07, 6.45) is 5.04. The van der Waals surface area contributed by atoms with Gasteiger partial charge in [-0.2, -0.15) is 0 Å². The highest BCUT2D eigenvalue weighted by Crippen LogP contribution is 2.31. The number of carbonyl (C=O) groups excluding carboxylic acids is 1. The molecule has 2 N–H and O–H groups in total. The second-order valence-electron chi connectivity index (χ2n) is 7.86. The third-order valence-electron chi connectivity index (χ3n) is 5.87. The molecule has 1 amide bonds. The minimum Gasteiger partial charge on any atom is -0.490 e. The Balaban J connectivity index is 1.28. The molecule has 2 aliphatic rings. The number of rotatable bonds is 6. The van der Waals surface area contributed by atoms with Crippen molar-refractivity contribution in [2.75, 3.05) is 19.6 Å². The van der Waals surface area contributed by atoms with Gasteiger partial charge in [0.05, 0.1) is 0 Å². The van der Waals surface area contributed by atoms with Crippen LogP contribution < -0.4 is 10.5 Å². The smallest absolute Gasteiger partial charge is 0.220 e. The minimum atomic E-state index is -0.143. The summed E-state index contributed by atoms with van der Waals surface area (Å²) < 4.78 is 6.16. The Hall–Kier alpha value is -2.33. The van der Waals surface area contributed by atoms with Gasteiger partial charge in [-0.25, -0.2) is 0 Å². The van der Waals surface area contributed by atoms with Crippen LogP contribution in [0.15, 0.2) is 48.5 Å². The number of fused-ring (bicyclic) bond motifs is 1. The fourth-order valence-electron chi connectivity index (χ4n) is 4.24. The molecule has 0 spiro atoms. The summed E-state index contributed by atoms with van der Waals surface area (Å²) >= 11 is 0. The van der Waals surface area contributed by atoms with E-state index in [0.29, 0.717) is 0 Å². The lowest BCUT2D eigenvalue weighted by Crippen LogP contribution is -2.39. The fraction of sp³-hybridized carbons (Fsp3) is 0.435. The van der Waals surface area contributed by atoms with Gasteiger partial charge in [-0.15, -0.1) is 0 Å². The SMILES string of the molecule is NC(=O)C1CCN(CCC2Cc3cc(Cc4ccccc4)ccc3O2)CC1. The van der Waals surface area contributed by atoms with Gasteiger partial charge in [-0.05, 0) is 61.5 Å². The number of benzene rings is 2. The highest BCUT2D eigenvalue weighted by atomic mass is 16.5. The summed E-state index contributed by atoms with van der Waals surface area (Å²) in [6, 6.07) is 17.2. The van der Waals surface area contributed by atoms with Gasteiger partial charge < -0.3 is 15.4 Å². The Morgan fingerprint density at radius 3 is 2.59 bits per heavy atom. The van der Waals surface area contributed by atoms with Gasteiger partial charge in [0.15, 0.2) is 0 Å². The first-order chi connectivity index (χ1) is 13.2. The number of piperidine rings is 1. The van der Waals surface area contributed by atoms with Crippen LogP contribution in [0.1, 0.15) is 36.0 Å². The number of amides is 1. The molecule has 4 heteroatoms. The van der Waals surface area contributed by atoms with Crippen LogP contribution in [0, 0.1) is 5.92 Å². The molecule has 2 aliphatic heterocycles. The standard InChI is InChI=1S/C23H28N2O2/c24-23(26)19-8-11-25(12-9-19)13-10-21-16-20-15-18(6-7-22(20)27-21)14-17-4-2-1-3-5-17/h1-7,15,19,21H,8-14,16H2,(H2,24,26). The van der Waals surface area contributed by atoms with Crippen molar-refractivity contribution in [3.05, 3.63) is 65.2 Å². The van der Waals surface area contributed by atoms with Gasteiger partial charge >= 0.3 is 0 Å². The summed E-state index contributed by atoms with van der Waals surface area (Å²) in [5.41, 5.74) is 9.44. The van der Waals surface area contributed by atoms with Crippen LogP contribution in [0.3, 0.4) is 0 Å². The number of primary amides is 1. The Bertz CT molecular complexity index is 782. The van der Waals surface area contributed by atoms with Crippen molar-refractivity contribution >= 4 is 5.91 Å². The predicted molar refractivity (Wildman–Crippen MR) is 107 cm³/mol. The molecular formula is C23H28N2O2. The van der Waals surface area contributed by atoms with Crippen molar-refractivity contribution in [1.29, 1.82) is 0 Å². The summed E-state index contributed by atoms with van der Waals surface area (Å²) in [7, 11) is 0. The van der Waals surface area contributed by atoms with Gasteiger partial charge in [0, 0.05) is 18.9 Å². The quantitative estimate of drug-likeness (QED) is 0.857. The minimum absolute atomic E-state index is 0.0660. The van der Waals surface area contributed by atoms with E-state index < -0.39 is 0 Å². The molecule has 27 heavy (non-hydrogen) atoms. The van der Waals surface area contributed by atoms with Crippen LogP contribution in [0.4, 0.5) is 0 Å². The number of carbonyl (C=O) groups is 1. The van der Waals surface area contributed by atoms with Gasteiger partial charge in [-0.3, -0.25) is 4.79 Å². The number of hydrogen-bond acceptors (Lipinski definition) is 3. The Morgan fingerprint density at radius 2 is 1.85 bits per heavy atom. The van der Waals surface area contributed by atoms with E-state index in [-0.39, 0.29) is 17.9 Å². The molecule has 0 bridgehead atoms. The van der Waals surface area contributed by atoms with E-state index in [4.69, 9.17) is 10.5 Å². The van der Waals surface area contributed by atoms with E-state index in [1.165, 1.54) is 16.7 Å². The molecule has 1 unspecified atom stereocenters. The second kappa shape index (κ2) is 8.13. The third-order valence-corrected chi connectivity index (χ3v) is 5.87. The highest BCUT2D eigenvalue weighted by Gasteiger charge is 2.26. The number of ether oxygens (including phenoxy) is 1. The monoisotopic (exact) mass is 364 g/mol. The Labute approximate surface area is 161 Å². The number of hydrogen-bond donors (Lipinski definition) is 1. The first kappa shape index (κ1) is 18.1. The third kappa shape index (κ3) is 4.51. The van der Waals surface area contributed by atoms with Gasteiger partial charge in [0.25, 0.3) is 0 Å². The molecule has 0 saturated carbocycles. The Kier molecular flexibility index (Phi) is 5.44. The number of nitrogens with two attached hydrogens (primary N) is 1. The van der Waals surface area contributed by atoms with Crippen molar-refractivity contribution in [1.82, 2.24) is 4.90 Å². The molecule has 1 fully saturated rings. The maximum absolute atomic E-state index is 11.3. The molecule has 2 aromatic rings. The summed E-state index contributed by atoms with van der Waals surface area (Å²) in [6.45, 7) is 2.96. The van der Waals surface area contributed by atoms with Gasteiger partial charge in [0.1, 0.15) is 11.9 Å². The molecule has 1 saturated heterocycles. The van der Waals surface area contributed by atoms with E-state index in [1.54, 1.807) is 0 Å². The van der Waals surface area contributed by atoms with Crippen molar-refractivity contribution in [3.63, 3.8) is 0 Å². The molecular weight excluding hydrogens is 336 g/mol. The average Bonchev–Trinajstić information content (AvgIpc) is 3.10.